The summed E-state index contributed by atoms with van der Waals surface area (Å²) in [5, 5.41) is 14.0. The van der Waals surface area contributed by atoms with Gasteiger partial charge in [-0.2, -0.15) is 0 Å². The van der Waals surface area contributed by atoms with E-state index in [0.29, 0.717) is 11.3 Å². The van der Waals surface area contributed by atoms with Crippen LogP contribution in [0.3, 0.4) is 0 Å². The molecular weight excluding hydrogens is 643 g/mol. The van der Waals surface area contributed by atoms with E-state index in [1.807, 2.05) is 18.2 Å². The Hall–Kier alpha value is -6.97. The third-order valence-corrected chi connectivity index (χ3v) is 11.4. The SMILES string of the molecule is [2H]C([2H])([2H])c1cccc2c1nc1n(-c3ccc4c5c3c3ccccc3c3ccccc3c3cccc(c3-5)c3ccccc3c3ccccc43)c3ccccc3n21. The van der Waals surface area contributed by atoms with Crippen LogP contribution in [0.1, 0.15) is 9.68 Å². The molecule has 2 aromatic heterocycles. The second-order valence-electron chi connectivity index (χ2n) is 14.0. The number of benzene rings is 8. The number of aryl methyl sites for hydroxylation is 1. The Morgan fingerprint density at radius 3 is 1.45 bits per heavy atom. The quantitative estimate of drug-likeness (QED) is 0.170. The Kier molecular flexibility index (Phi) is 5.15. The normalized spacial score (nSPS) is 13.3. The predicted octanol–water partition coefficient (Wildman–Crippen LogP) is 13.3. The molecular formula is C50H31N3. The molecule has 0 radical (unpaired) electrons. The molecule has 0 aliphatic heterocycles. The number of imidazole rings is 2. The fraction of sp³-hybridized carbons (Fsp3) is 0.0200. The van der Waals surface area contributed by atoms with E-state index in [1.54, 1.807) is 6.07 Å². The maximum Gasteiger partial charge on any atom is 0.220 e. The molecule has 246 valence electrons. The van der Waals surface area contributed by atoms with Crippen LogP contribution in [0.25, 0.3) is 109 Å². The Bertz CT molecular complexity index is 3630. The Balaban J connectivity index is 1.43. The molecule has 53 heavy (non-hydrogen) atoms. The molecule has 0 unspecified atom stereocenters. The van der Waals surface area contributed by atoms with Gasteiger partial charge in [0.1, 0.15) is 0 Å². The van der Waals surface area contributed by atoms with Crippen LogP contribution in [-0.2, 0) is 0 Å². The molecule has 2 aliphatic carbocycles. The fourth-order valence-electron chi connectivity index (χ4n) is 9.26. The van der Waals surface area contributed by atoms with E-state index in [9.17, 15) is 0 Å². The highest BCUT2D eigenvalue weighted by atomic mass is 15.2. The van der Waals surface area contributed by atoms with E-state index in [2.05, 4.69) is 155 Å². The molecule has 2 aliphatic rings. The molecule has 0 saturated heterocycles. The molecule has 12 rings (SSSR count). The highest BCUT2D eigenvalue weighted by Crippen LogP contribution is 2.49. The minimum absolute atomic E-state index is 0.248. The first kappa shape index (κ1) is 25.9. The third-order valence-electron chi connectivity index (χ3n) is 11.4. The van der Waals surface area contributed by atoms with Crippen molar-refractivity contribution in [3.63, 3.8) is 0 Å². The average Bonchev–Trinajstić information content (AvgIpc) is 3.76. The van der Waals surface area contributed by atoms with Gasteiger partial charge < -0.3 is 0 Å². The van der Waals surface area contributed by atoms with Crippen molar-refractivity contribution in [2.45, 2.75) is 6.85 Å². The molecule has 0 spiro atoms. The van der Waals surface area contributed by atoms with Crippen molar-refractivity contribution in [2.75, 3.05) is 0 Å². The monoisotopic (exact) mass is 676 g/mol. The number of aromatic nitrogens is 3. The lowest BCUT2D eigenvalue weighted by molar-refractivity contribution is 1.12. The number of hydrogen-bond acceptors (Lipinski definition) is 1. The first-order valence-electron chi connectivity index (χ1n) is 19.6. The molecule has 0 atom stereocenters. The van der Waals surface area contributed by atoms with E-state index in [-0.39, 0.29) is 5.56 Å². The van der Waals surface area contributed by atoms with Gasteiger partial charge in [0.05, 0.1) is 27.8 Å². The summed E-state index contributed by atoms with van der Waals surface area (Å²) >= 11 is 0. The van der Waals surface area contributed by atoms with Crippen molar-refractivity contribution in [3.8, 4) is 16.8 Å². The summed E-state index contributed by atoms with van der Waals surface area (Å²) in [6.45, 7) is -2.32. The zero-order valence-electron chi connectivity index (χ0n) is 31.5. The maximum atomic E-state index is 8.42. The summed E-state index contributed by atoms with van der Waals surface area (Å²) in [6, 6.07) is 60.3. The van der Waals surface area contributed by atoms with E-state index in [4.69, 9.17) is 9.10 Å². The fourth-order valence-corrected chi connectivity index (χ4v) is 9.26. The summed E-state index contributed by atoms with van der Waals surface area (Å²) in [7, 11) is 0. The van der Waals surface area contributed by atoms with Crippen LogP contribution in [0.15, 0.2) is 170 Å². The van der Waals surface area contributed by atoms with E-state index < -0.39 is 6.85 Å². The number of rotatable bonds is 1. The van der Waals surface area contributed by atoms with Gasteiger partial charge in [0.15, 0.2) is 0 Å². The zero-order valence-corrected chi connectivity index (χ0v) is 28.5. The van der Waals surface area contributed by atoms with Crippen molar-refractivity contribution in [2.24, 2.45) is 0 Å². The smallest absolute Gasteiger partial charge is 0.220 e. The summed E-state index contributed by atoms with van der Waals surface area (Å²) in [6.07, 6.45) is 0. The molecule has 0 fully saturated rings. The van der Waals surface area contributed by atoms with E-state index >= 15 is 0 Å². The second-order valence-corrected chi connectivity index (χ2v) is 14.0. The minimum Gasteiger partial charge on any atom is -0.277 e. The Morgan fingerprint density at radius 1 is 0.396 bits per heavy atom. The van der Waals surface area contributed by atoms with Gasteiger partial charge >= 0.3 is 0 Å². The van der Waals surface area contributed by atoms with Crippen molar-refractivity contribution in [1.29, 1.82) is 0 Å². The number of hydrogen-bond donors (Lipinski definition) is 0. The van der Waals surface area contributed by atoms with Gasteiger partial charge in [-0.3, -0.25) is 8.97 Å². The predicted molar refractivity (Wildman–Crippen MR) is 225 cm³/mol. The van der Waals surface area contributed by atoms with Crippen molar-refractivity contribution >= 4 is 92.5 Å². The Morgan fingerprint density at radius 2 is 0.849 bits per heavy atom. The molecule has 0 N–H and O–H groups in total. The van der Waals surface area contributed by atoms with Gasteiger partial charge in [-0.15, -0.1) is 0 Å². The first-order chi connectivity index (χ1) is 27.5. The summed E-state index contributed by atoms with van der Waals surface area (Å²) in [5.74, 6) is 0.666. The number of para-hydroxylation sites is 3. The Labute approximate surface area is 308 Å². The lowest BCUT2D eigenvalue weighted by Gasteiger charge is -2.22. The van der Waals surface area contributed by atoms with Crippen molar-refractivity contribution in [3.05, 3.63) is 175 Å². The van der Waals surface area contributed by atoms with Crippen LogP contribution in [-0.4, -0.2) is 14.0 Å². The van der Waals surface area contributed by atoms with Crippen LogP contribution in [0.5, 0.6) is 0 Å². The van der Waals surface area contributed by atoms with Crippen LogP contribution in [0.4, 0.5) is 0 Å². The van der Waals surface area contributed by atoms with Gasteiger partial charge in [-0.1, -0.05) is 146 Å². The van der Waals surface area contributed by atoms with Crippen LogP contribution in [0.2, 0.25) is 0 Å². The van der Waals surface area contributed by atoms with Gasteiger partial charge in [-0.25, -0.2) is 4.98 Å². The van der Waals surface area contributed by atoms with Crippen molar-refractivity contribution < 1.29 is 4.11 Å². The average molecular weight is 677 g/mol. The van der Waals surface area contributed by atoms with E-state index in [1.165, 1.54) is 48.7 Å². The second kappa shape index (κ2) is 10.5. The van der Waals surface area contributed by atoms with Gasteiger partial charge in [0.2, 0.25) is 5.78 Å². The van der Waals surface area contributed by atoms with Crippen LogP contribution < -0.4 is 0 Å². The van der Waals surface area contributed by atoms with Crippen molar-refractivity contribution in [1.82, 2.24) is 14.0 Å². The topological polar surface area (TPSA) is 22.2 Å². The standard InChI is InChI=1S/C50H31N3/c1-30-14-12-27-45-49(30)51-50-52(42-25-10-11-26-43(42)53(45)50)44-29-28-41-37-21-7-3-16-32(37)31-15-2-5-18-34(31)38-23-13-24-39-35-19-6-4-17-33(35)36-20-8-9-22-40(36)47(44)48(41)46(38)39/h2-29H,1H3/i1D3. The summed E-state index contributed by atoms with van der Waals surface area (Å²) < 4.78 is 29.6. The third kappa shape index (κ3) is 3.75. The molecule has 8 aromatic carbocycles. The number of nitrogens with zero attached hydrogens (tertiary/aromatic N) is 3. The zero-order chi connectivity index (χ0) is 37.3. The highest BCUT2D eigenvalue weighted by Gasteiger charge is 2.25. The molecule has 0 saturated carbocycles. The molecule has 3 heteroatoms. The maximum absolute atomic E-state index is 8.42. The van der Waals surface area contributed by atoms with Crippen LogP contribution >= 0.6 is 0 Å². The summed E-state index contributed by atoms with van der Waals surface area (Å²) in [4.78, 5) is 5.24. The lowest BCUT2D eigenvalue weighted by Crippen LogP contribution is -2.00. The lowest BCUT2D eigenvalue weighted by atomic mass is 9.83. The largest absolute Gasteiger partial charge is 0.277 e. The highest BCUT2D eigenvalue weighted by molar-refractivity contribution is 6.33. The van der Waals surface area contributed by atoms with E-state index in [0.717, 1.165) is 49.3 Å². The molecule has 3 nitrogen and oxygen atoms in total. The number of fused-ring (bicyclic) bond motifs is 15. The van der Waals surface area contributed by atoms with Crippen LogP contribution in [0, 0.1) is 6.85 Å². The first-order valence-corrected chi connectivity index (χ1v) is 18.1. The molecule has 0 amide bonds. The van der Waals surface area contributed by atoms with Gasteiger partial charge in [-0.05, 0) is 101 Å². The van der Waals surface area contributed by atoms with Gasteiger partial charge in [0.25, 0.3) is 0 Å². The summed E-state index contributed by atoms with van der Waals surface area (Å²) in [5.41, 5.74) is 6.76. The molecule has 2 heterocycles. The molecule has 0 bridgehead atoms. The van der Waals surface area contributed by atoms with Gasteiger partial charge in [0, 0.05) is 15.1 Å². The molecule has 10 aromatic rings. The minimum atomic E-state index is -2.32.